The van der Waals surface area contributed by atoms with Crippen molar-refractivity contribution in [3.8, 4) is 0 Å². The molecule has 2 aliphatic rings. The molecule has 3 rings (SSSR count). The second-order valence-corrected chi connectivity index (χ2v) is 7.18. The summed E-state index contributed by atoms with van der Waals surface area (Å²) in [5.74, 6) is -0.267. The molecule has 0 aliphatic carbocycles. The van der Waals surface area contributed by atoms with Crippen LogP contribution in [0.4, 0.5) is 4.79 Å². The van der Waals surface area contributed by atoms with Crippen LogP contribution in [-0.2, 0) is 11.3 Å². The van der Waals surface area contributed by atoms with Gasteiger partial charge < -0.3 is 20.4 Å². The van der Waals surface area contributed by atoms with Gasteiger partial charge in [-0.25, -0.2) is 4.79 Å². The molecule has 0 radical (unpaired) electrons. The van der Waals surface area contributed by atoms with E-state index in [0.717, 1.165) is 31.4 Å². The lowest BCUT2D eigenvalue weighted by molar-refractivity contribution is -0.123. The van der Waals surface area contributed by atoms with Crippen molar-refractivity contribution in [3.05, 3.63) is 35.4 Å². The Kier molecular flexibility index (Phi) is 6.32. The zero-order chi connectivity index (χ0) is 19.2. The predicted octanol–water partition coefficient (Wildman–Crippen LogP) is 1.73. The molecule has 4 amide bonds. The number of piperazine rings is 1. The fourth-order valence-electron chi connectivity index (χ4n) is 3.73. The average Bonchev–Trinajstić information content (AvgIpc) is 2.71. The second kappa shape index (κ2) is 8.88. The van der Waals surface area contributed by atoms with Crippen LogP contribution < -0.4 is 10.6 Å². The van der Waals surface area contributed by atoms with Crippen molar-refractivity contribution < 1.29 is 14.4 Å². The van der Waals surface area contributed by atoms with E-state index in [4.69, 9.17) is 0 Å². The van der Waals surface area contributed by atoms with Crippen molar-refractivity contribution in [3.63, 3.8) is 0 Å². The maximum Gasteiger partial charge on any atom is 0.317 e. The number of likely N-dealkylation sites (tertiary alicyclic amines) is 1. The minimum atomic E-state index is -0.139. The van der Waals surface area contributed by atoms with Gasteiger partial charge >= 0.3 is 6.03 Å². The summed E-state index contributed by atoms with van der Waals surface area (Å²) in [5.41, 5.74) is 1.50. The van der Waals surface area contributed by atoms with Gasteiger partial charge in [0.25, 0.3) is 5.91 Å². The lowest BCUT2D eigenvalue weighted by Gasteiger charge is -2.35. The molecule has 2 N–H and O–H groups in total. The molecule has 0 aromatic heterocycles. The van der Waals surface area contributed by atoms with Crippen LogP contribution in [0.15, 0.2) is 24.3 Å². The van der Waals surface area contributed by atoms with E-state index in [-0.39, 0.29) is 24.4 Å². The van der Waals surface area contributed by atoms with Crippen LogP contribution >= 0.6 is 0 Å². The van der Waals surface area contributed by atoms with E-state index in [9.17, 15) is 14.4 Å². The Balaban J connectivity index is 1.53. The standard InChI is InChI=1S/C20H28N4O3/c1-2-17-5-3-4-11-24(17)20(27)22-13-15-6-8-16(9-7-15)19(26)23-12-10-21-18(25)14-23/h6-9,17H,2-5,10-14H2,1H3,(H,21,25)(H,22,27). The molecule has 2 fully saturated rings. The lowest BCUT2D eigenvalue weighted by atomic mass is 10.0. The van der Waals surface area contributed by atoms with Crippen molar-refractivity contribution in [2.24, 2.45) is 0 Å². The third-order valence-electron chi connectivity index (χ3n) is 5.33. The van der Waals surface area contributed by atoms with E-state index in [1.807, 2.05) is 17.0 Å². The maximum atomic E-state index is 12.5. The summed E-state index contributed by atoms with van der Waals surface area (Å²) >= 11 is 0. The molecule has 27 heavy (non-hydrogen) atoms. The van der Waals surface area contributed by atoms with Crippen LogP contribution in [-0.4, -0.2) is 59.9 Å². The van der Waals surface area contributed by atoms with Crippen molar-refractivity contribution in [2.45, 2.75) is 45.2 Å². The summed E-state index contributed by atoms with van der Waals surface area (Å²) in [4.78, 5) is 39.9. The molecule has 0 bridgehead atoms. The second-order valence-electron chi connectivity index (χ2n) is 7.18. The highest BCUT2D eigenvalue weighted by Gasteiger charge is 2.25. The monoisotopic (exact) mass is 372 g/mol. The van der Waals surface area contributed by atoms with E-state index in [0.29, 0.717) is 31.2 Å². The summed E-state index contributed by atoms with van der Waals surface area (Å²) < 4.78 is 0. The van der Waals surface area contributed by atoms with E-state index >= 15 is 0 Å². The van der Waals surface area contributed by atoms with Gasteiger partial charge in [0.1, 0.15) is 0 Å². The Morgan fingerprint density at radius 2 is 1.96 bits per heavy atom. The van der Waals surface area contributed by atoms with Gasteiger partial charge in [-0.3, -0.25) is 9.59 Å². The van der Waals surface area contributed by atoms with E-state index in [2.05, 4.69) is 17.6 Å². The number of piperidine rings is 1. The average molecular weight is 372 g/mol. The molecule has 0 spiro atoms. The topological polar surface area (TPSA) is 81.8 Å². The van der Waals surface area contributed by atoms with E-state index in [1.165, 1.54) is 6.42 Å². The first kappa shape index (κ1) is 19.2. The number of rotatable bonds is 4. The Morgan fingerprint density at radius 1 is 1.19 bits per heavy atom. The summed E-state index contributed by atoms with van der Waals surface area (Å²) in [6.07, 6.45) is 4.32. The smallest absolute Gasteiger partial charge is 0.317 e. The van der Waals surface area contributed by atoms with E-state index in [1.54, 1.807) is 17.0 Å². The third kappa shape index (κ3) is 4.78. The molecule has 7 heteroatoms. The first-order valence-corrected chi connectivity index (χ1v) is 9.78. The van der Waals surface area contributed by atoms with Gasteiger partial charge in [0.15, 0.2) is 0 Å². The van der Waals surface area contributed by atoms with Crippen LogP contribution in [0.2, 0.25) is 0 Å². The minimum Gasteiger partial charge on any atom is -0.353 e. The Bertz CT molecular complexity index is 689. The molecule has 0 saturated carbocycles. The molecule has 146 valence electrons. The minimum absolute atomic E-state index is 0.0129. The number of carbonyl (C=O) groups excluding carboxylic acids is 3. The highest BCUT2D eigenvalue weighted by Crippen LogP contribution is 2.19. The number of benzene rings is 1. The Labute approximate surface area is 160 Å². The summed E-state index contributed by atoms with van der Waals surface area (Å²) in [6, 6.07) is 7.54. The van der Waals surface area contributed by atoms with Crippen LogP contribution in [0.5, 0.6) is 0 Å². The van der Waals surface area contributed by atoms with Crippen molar-refractivity contribution >= 4 is 17.8 Å². The number of hydrogen-bond acceptors (Lipinski definition) is 3. The summed E-state index contributed by atoms with van der Waals surface area (Å²) in [7, 11) is 0. The van der Waals surface area contributed by atoms with Crippen LogP contribution in [0.25, 0.3) is 0 Å². The van der Waals surface area contributed by atoms with Crippen LogP contribution in [0.1, 0.15) is 48.5 Å². The maximum absolute atomic E-state index is 12.5. The molecule has 2 heterocycles. The highest BCUT2D eigenvalue weighted by atomic mass is 16.2. The first-order chi connectivity index (χ1) is 13.1. The first-order valence-electron chi connectivity index (χ1n) is 9.78. The fraction of sp³-hybridized carbons (Fsp3) is 0.550. The zero-order valence-corrected chi connectivity index (χ0v) is 15.9. The number of urea groups is 1. The number of hydrogen-bond donors (Lipinski definition) is 2. The Morgan fingerprint density at radius 3 is 2.67 bits per heavy atom. The lowest BCUT2D eigenvalue weighted by Crippen LogP contribution is -2.49. The highest BCUT2D eigenvalue weighted by molar-refractivity contribution is 5.97. The number of carbonyl (C=O) groups is 3. The van der Waals surface area contributed by atoms with Gasteiger partial charge in [-0.05, 0) is 43.4 Å². The van der Waals surface area contributed by atoms with Crippen LogP contribution in [0, 0.1) is 0 Å². The largest absolute Gasteiger partial charge is 0.353 e. The number of nitrogens with zero attached hydrogens (tertiary/aromatic N) is 2. The van der Waals surface area contributed by atoms with Gasteiger partial charge in [0, 0.05) is 37.8 Å². The molecule has 1 unspecified atom stereocenters. The fourth-order valence-corrected chi connectivity index (χ4v) is 3.73. The van der Waals surface area contributed by atoms with Crippen LogP contribution in [0.3, 0.4) is 0 Å². The molecule has 1 aromatic rings. The zero-order valence-electron chi connectivity index (χ0n) is 15.9. The predicted molar refractivity (Wildman–Crippen MR) is 102 cm³/mol. The van der Waals surface area contributed by atoms with Crippen molar-refractivity contribution in [1.82, 2.24) is 20.4 Å². The SMILES string of the molecule is CCC1CCCCN1C(=O)NCc1ccc(C(=O)N2CCNC(=O)C2)cc1. The molecular formula is C20H28N4O3. The molecule has 1 aromatic carbocycles. The third-order valence-corrected chi connectivity index (χ3v) is 5.33. The summed E-state index contributed by atoms with van der Waals surface area (Å²) in [6.45, 7) is 4.50. The van der Waals surface area contributed by atoms with Gasteiger partial charge in [-0.15, -0.1) is 0 Å². The number of nitrogens with one attached hydrogen (secondary N) is 2. The van der Waals surface area contributed by atoms with Gasteiger partial charge in [-0.1, -0.05) is 19.1 Å². The van der Waals surface area contributed by atoms with Gasteiger partial charge in [0.05, 0.1) is 6.54 Å². The molecular weight excluding hydrogens is 344 g/mol. The van der Waals surface area contributed by atoms with Crippen molar-refractivity contribution in [1.29, 1.82) is 0 Å². The van der Waals surface area contributed by atoms with E-state index < -0.39 is 0 Å². The van der Waals surface area contributed by atoms with Gasteiger partial charge in [0.2, 0.25) is 5.91 Å². The Hall–Kier alpha value is -2.57. The van der Waals surface area contributed by atoms with Crippen molar-refractivity contribution in [2.75, 3.05) is 26.2 Å². The number of amides is 4. The normalized spacial score (nSPS) is 20.2. The quantitative estimate of drug-likeness (QED) is 0.845. The molecule has 7 nitrogen and oxygen atoms in total. The molecule has 2 saturated heterocycles. The summed E-state index contributed by atoms with van der Waals surface area (Å²) in [5, 5.41) is 5.70. The molecule has 2 aliphatic heterocycles. The molecule has 1 atom stereocenters. The van der Waals surface area contributed by atoms with Gasteiger partial charge in [-0.2, -0.15) is 0 Å².